The molecule has 4 aromatic carbocycles. The molecule has 0 amide bonds. The molecule has 0 radical (unpaired) electrons. The van der Waals surface area contributed by atoms with Gasteiger partial charge in [-0.15, -0.1) is 0 Å². The molecule has 8 heteroatoms. The summed E-state index contributed by atoms with van der Waals surface area (Å²) >= 11 is 0. The summed E-state index contributed by atoms with van der Waals surface area (Å²) in [5.74, 6) is -1.89. The third kappa shape index (κ3) is 4.64. The van der Waals surface area contributed by atoms with Crippen molar-refractivity contribution in [3.8, 4) is 27.9 Å². The summed E-state index contributed by atoms with van der Waals surface area (Å²) < 4.78 is 10.1. The van der Waals surface area contributed by atoms with Crippen LogP contribution >= 0.6 is 0 Å². The third-order valence-electron chi connectivity index (χ3n) is 8.86. The van der Waals surface area contributed by atoms with Crippen LogP contribution in [0.5, 0.6) is 0 Å². The van der Waals surface area contributed by atoms with Crippen molar-refractivity contribution in [3.05, 3.63) is 107 Å². The largest absolute Gasteiger partial charge is 0.478 e. The fourth-order valence-corrected chi connectivity index (χ4v) is 6.35. The van der Waals surface area contributed by atoms with Crippen LogP contribution in [0.1, 0.15) is 57.3 Å². The number of benzene rings is 4. The lowest BCUT2D eigenvalue weighted by molar-refractivity contribution is -0.0394. The van der Waals surface area contributed by atoms with E-state index in [4.69, 9.17) is 4.74 Å². The van der Waals surface area contributed by atoms with Crippen molar-refractivity contribution in [2.45, 2.75) is 39.3 Å². The minimum atomic E-state index is -0.955. The average Bonchev–Trinajstić information content (AvgIpc) is 3.65. The summed E-state index contributed by atoms with van der Waals surface area (Å²) in [6.45, 7) is 4.55. The molecule has 2 N–H and O–H groups in total. The number of hydrogen-bond acceptors (Lipinski definition) is 4. The van der Waals surface area contributed by atoms with E-state index in [9.17, 15) is 19.8 Å². The molecule has 0 saturated carbocycles. The second-order valence-corrected chi connectivity index (χ2v) is 11.4. The smallest absolute Gasteiger partial charge is 0.335 e. The molecule has 220 valence electrons. The molecule has 44 heavy (non-hydrogen) atoms. The Bertz CT molecular complexity index is 2080. The van der Waals surface area contributed by atoms with Crippen LogP contribution in [0.2, 0.25) is 0 Å². The van der Waals surface area contributed by atoms with Gasteiger partial charge < -0.3 is 19.5 Å². The van der Waals surface area contributed by atoms with E-state index in [-0.39, 0.29) is 11.8 Å². The standard InChI is InChI=1S/C36H31N3O5/c1-21-22(2)29(36(42)43)13-12-28(21)26-11-15-33-31(18-26)30-17-25(23-6-8-24(9-7-23)35(40)41)10-14-32(30)39(33)27-19-37-38(20-27)34-5-3-4-16-44-34/h6-15,17-20,34H,3-5,16H2,1-2H3,(H,40,41)(H,42,43). The lowest BCUT2D eigenvalue weighted by Gasteiger charge is -2.22. The van der Waals surface area contributed by atoms with Crippen molar-refractivity contribution in [2.24, 2.45) is 0 Å². The van der Waals surface area contributed by atoms with E-state index in [2.05, 4.69) is 46.1 Å². The fourth-order valence-electron chi connectivity index (χ4n) is 6.35. The number of carboxylic acid groups (broad SMARTS) is 2. The Balaban J connectivity index is 1.42. The molecule has 2 aromatic heterocycles. The van der Waals surface area contributed by atoms with Gasteiger partial charge in [-0.25, -0.2) is 14.3 Å². The van der Waals surface area contributed by atoms with Crippen LogP contribution in [0.4, 0.5) is 0 Å². The summed E-state index contributed by atoms with van der Waals surface area (Å²) in [5, 5.41) is 25.7. The maximum Gasteiger partial charge on any atom is 0.335 e. The van der Waals surface area contributed by atoms with Crippen LogP contribution in [0.25, 0.3) is 49.7 Å². The van der Waals surface area contributed by atoms with Crippen LogP contribution in [-0.4, -0.2) is 43.1 Å². The molecule has 1 atom stereocenters. The van der Waals surface area contributed by atoms with Gasteiger partial charge in [-0.3, -0.25) is 0 Å². The van der Waals surface area contributed by atoms with E-state index in [1.165, 1.54) is 0 Å². The fraction of sp³-hybridized carbons (Fsp3) is 0.194. The van der Waals surface area contributed by atoms with Crippen LogP contribution in [0, 0.1) is 13.8 Å². The second kappa shape index (κ2) is 10.8. The molecule has 0 bridgehead atoms. The van der Waals surface area contributed by atoms with Gasteiger partial charge in [0.25, 0.3) is 0 Å². The Hall–Kier alpha value is -5.21. The molecule has 1 fully saturated rings. The molecule has 6 aromatic rings. The number of rotatable bonds is 6. The molecule has 1 unspecified atom stereocenters. The molecule has 8 nitrogen and oxygen atoms in total. The molecule has 1 saturated heterocycles. The topological polar surface area (TPSA) is 107 Å². The van der Waals surface area contributed by atoms with Crippen LogP contribution in [0.3, 0.4) is 0 Å². The van der Waals surface area contributed by atoms with E-state index < -0.39 is 11.9 Å². The maximum atomic E-state index is 11.7. The molecular weight excluding hydrogens is 554 g/mol. The number of nitrogens with zero attached hydrogens (tertiary/aromatic N) is 3. The Kier molecular flexibility index (Phi) is 6.78. The summed E-state index contributed by atoms with van der Waals surface area (Å²) in [4.78, 5) is 23.1. The summed E-state index contributed by atoms with van der Waals surface area (Å²) in [7, 11) is 0. The predicted molar refractivity (Wildman–Crippen MR) is 170 cm³/mol. The van der Waals surface area contributed by atoms with Gasteiger partial charge >= 0.3 is 11.9 Å². The Labute approximate surface area is 253 Å². The number of carbonyl (C=O) groups is 2. The second-order valence-electron chi connectivity index (χ2n) is 11.4. The zero-order valence-electron chi connectivity index (χ0n) is 24.4. The van der Waals surface area contributed by atoms with Crippen molar-refractivity contribution >= 4 is 33.7 Å². The first kappa shape index (κ1) is 27.6. The molecule has 3 heterocycles. The number of aromatic nitrogens is 3. The summed E-state index contributed by atoms with van der Waals surface area (Å²) in [6, 6.07) is 23.1. The molecule has 7 rings (SSSR count). The zero-order valence-corrected chi connectivity index (χ0v) is 24.4. The van der Waals surface area contributed by atoms with Crippen LogP contribution < -0.4 is 0 Å². The van der Waals surface area contributed by atoms with Gasteiger partial charge in [-0.05, 0) is 109 Å². The van der Waals surface area contributed by atoms with Gasteiger partial charge in [0.1, 0.15) is 6.23 Å². The highest BCUT2D eigenvalue weighted by atomic mass is 16.5. The van der Waals surface area contributed by atoms with E-state index in [1.807, 2.05) is 49.1 Å². The van der Waals surface area contributed by atoms with Gasteiger partial charge in [0.05, 0.1) is 40.2 Å². The van der Waals surface area contributed by atoms with Crippen LogP contribution in [0.15, 0.2) is 85.2 Å². The highest BCUT2D eigenvalue weighted by Crippen LogP contribution is 2.38. The van der Waals surface area contributed by atoms with Gasteiger partial charge in [-0.2, -0.15) is 5.10 Å². The molecule has 1 aliphatic rings. The average molecular weight is 586 g/mol. The number of ether oxygens (including phenoxy) is 1. The molecule has 1 aliphatic heterocycles. The summed E-state index contributed by atoms with van der Waals surface area (Å²) in [6.07, 6.45) is 6.96. The number of hydrogen-bond donors (Lipinski definition) is 2. The highest BCUT2D eigenvalue weighted by Gasteiger charge is 2.20. The SMILES string of the molecule is Cc1c(C(=O)O)ccc(-c2ccc3c(c2)c2cc(-c4ccc(C(=O)O)cc4)ccc2n3-c2cnn(C3CCCCO3)c2)c1C. The van der Waals surface area contributed by atoms with Crippen molar-refractivity contribution < 1.29 is 24.5 Å². The molecular formula is C36H31N3O5. The van der Waals surface area contributed by atoms with Crippen molar-refractivity contribution in [1.29, 1.82) is 0 Å². The summed E-state index contributed by atoms with van der Waals surface area (Å²) in [5.41, 5.74) is 9.08. The van der Waals surface area contributed by atoms with E-state index in [0.717, 1.165) is 86.7 Å². The van der Waals surface area contributed by atoms with Crippen LogP contribution in [-0.2, 0) is 4.74 Å². The van der Waals surface area contributed by atoms with Crippen molar-refractivity contribution in [2.75, 3.05) is 6.61 Å². The lowest BCUT2D eigenvalue weighted by Crippen LogP contribution is -2.18. The number of fused-ring (bicyclic) bond motifs is 3. The molecule has 0 spiro atoms. The maximum absolute atomic E-state index is 11.7. The predicted octanol–water partition coefficient (Wildman–Crippen LogP) is 8.03. The van der Waals surface area contributed by atoms with E-state index >= 15 is 0 Å². The minimum Gasteiger partial charge on any atom is -0.478 e. The minimum absolute atomic E-state index is 0.0717. The highest BCUT2D eigenvalue weighted by molar-refractivity contribution is 6.11. The monoisotopic (exact) mass is 585 g/mol. The Morgan fingerprint density at radius 1 is 0.795 bits per heavy atom. The Morgan fingerprint density at radius 3 is 2.14 bits per heavy atom. The van der Waals surface area contributed by atoms with Crippen molar-refractivity contribution in [1.82, 2.24) is 14.3 Å². The first-order valence-electron chi connectivity index (χ1n) is 14.7. The number of aromatic carboxylic acids is 2. The van der Waals surface area contributed by atoms with E-state index in [0.29, 0.717) is 5.56 Å². The van der Waals surface area contributed by atoms with Crippen molar-refractivity contribution in [3.63, 3.8) is 0 Å². The molecule has 0 aliphatic carbocycles. The van der Waals surface area contributed by atoms with Gasteiger partial charge in [0.15, 0.2) is 0 Å². The quantitative estimate of drug-likeness (QED) is 0.205. The van der Waals surface area contributed by atoms with Gasteiger partial charge in [0.2, 0.25) is 0 Å². The zero-order chi connectivity index (χ0) is 30.5. The van der Waals surface area contributed by atoms with Gasteiger partial charge in [-0.1, -0.05) is 30.3 Å². The first-order chi connectivity index (χ1) is 21.3. The Morgan fingerprint density at radius 2 is 1.48 bits per heavy atom. The lowest BCUT2D eigenvalue weighted by atomic mass is 9.92. The van der Waals surface area contributed by atoms with E-state index in [1.54, 1.807) is 18.2 Å². The normalized spacial score (nSPS) is 15.2. The first-order valence-corrected chi connectivity index (χ1v) is 14.7. The third-order valence-corrected chi connectivity index (χ3v) is 8.86. The number of carboxylic acids is 2. The van der Waals surface area contributed by atoms with Gasteiger partial charge in [0, 0.05) is 17.4 Å².